The van der Waals surface area contributed by atoms with Gasteiger partial charge in [0.15, 0.2) is 0 Å². The predicted octanol–water partition coefficient (Wildman–Crippen LogP) is 2.39. The summed E-state index contributed by atoms with van der Waals surface area (Å²) in [7, 11) is 0. The van der Waals surface area contributed by atoms with Gasteiger partial charge in [-0.05, 0) is 29.7 Å². The van der Waals surface area contributed by atoms with Crippen LogP contribution in [0.15, 0.2) is 42.5 Å². The number of ether oxygens (including phenoxy) is 1. The average molecular weight is 270 g/mol. The molecule has 0 aliphatic carbocycles. The maximum atomic E-state index is 12.1. The van der Waals surface area contributed by atoms with Gasteiger partial charge in [0, 0.05) is 12.2 Å². The second kappa shape index (κ2) is 6.21. The highest BCUT2D eigenvalue weighted by atomic mass is 16.5. The van der Waals surface area contributed by atoms with Gasteiger partial charge in [-0.15, -0.1) is 0 Å². The molecule has 0 aliphatic heterocycles. The van der Waals surface area contributed by atoms with E-state index in [4.69, 9.17) is 16.2 Å². The van der Waals surface area contributed by atoms with Crippen LogP contribution in [0.5, 0.6) is 0 Å². The zero-order chi connectivity index (χ0) is 14.5. The Morgan fingerprint density at radius 3 is 2.50 bits per heavy atom. The van der Waals surface area contributed by atoms with Gasteiger partial charge in [0.25, 0.3) is 0 Å². The maximum absolute atomic E-state index is 12.1. The third-order valence-electron chi connectivity index (χ3n) is 3.28. The third kappa shape index (κ3) is 2.97. The Kier molecular flexibility index (Phi) is 4.38. The molecule has 0 atom stereocenters. The molecule has 0 amide bonds. The van der Waals surface area contributed by atoms with Crippen molar-refractivity contribution >= 4 is 11.7 Å². The van der Waals surface area contributed by atoms with Crippen LogP contribution in [0.4, 0.5) is 5.69 Å². The molecule has 4 N–H and O–H groups in total. The summed E-state index contributed by atoms with van der Waals surface area (Å²) in [6.07, 6.45) is 0. The van der Waals surface area contributed by atoms with Gasteiger partial charge in [0.2, 0.25) is 0 Å². The summed E-state index contributed by atoms with van der Waals surface area (Å²) >= 11 is 0. The fourth-order valence-corrected chi connectivity index (χ4v) is 1.97. The number of esters is 1. The van der Waals surface area contributed by atoms with Crippen molar-refractivity contribution in [2.75, 3.05) is 5.73 Å². The molecule has 0 unspecified atom stereocenters. The van der Waals surface area contributed by atoms with Crippen molar-refractivity contribution < 1.29 is 9.53 Å². The maximum Gasteiger partial charge on any atom is 0.340 e. The predicted molar refractivity (Wildman–Crippen MR) is 79.0 cm³/mol. The number of rotatable bonds is 4. The summed E-state index contributed by atoms with van der Waals surface area (Å²) in [6, 6.07) is 13.0. The van der Waals surface area contributed by atoms with Crippen molar-refractivity contribution in [3.63, 3.8) is 0 Å². The molecule has 0 aliphatic rings. The number of anilines is 1. The number of nitrogens with two attached hydrogens (primary N) is 2. The van der Waals surface area contributed by atoms with Crippen LogP contribution < -0.4 is 11.5 Å². The van der Waals surface area contributed by atoms with Crippen LogP contribution in [0.2, 0.25) is 0 Å². The van der Waals surface area contributed by atoms with Crippen molar-refractivity contribution in [1.82, 2.24) is 0 Å². The minimum Gasteiger partial charge on any atom is -0.457 e. The molecule has 2 aromatic rings. The van der Waals surface area contributed by atoms with Crippen LogP contribution in [-0.4, -0.2) is 5.97 Å². The molecule has 2 aromatic carbocycles. The molecule has 0 heterocycles. The standard InChI is InChI=1S/C16H18N2O2/c1-11-13(9-17)7-8-14(15(11)18)16(19)20-10-12-5-3-2-4-6-12/h2-8H,9-10,17-18H2,1H3. The van der Waals surface area contributed by atoms with E-state index in [0.717, 1.165) is 16.7 Å². The quantitative estimate of drug-likeness (QED) is 0.660. The Balaban J connectivity index is 2.12. The number of hydrogen-bond acceptors (Lipinski definition) is 4. The van der Waals surface area contributed by atoms with E-state index >= 15 is 0 Å². The Labute approximate surface area is 118 Å². The van der Waals surface area contributed by atoms with Crippen LogP contribution in [-0.2, 0) is 17.9 Å². The lowest BCUT2D eigenvalue weighted by atomic mass is 10.0. The largest absolute Gasteiger partial charge is 0.457 e. The van der Waals surface area contributed by atoms with Crippen molar-refractivity contribution in [3.05, 3.63) is 64.7 Å². The first kappa shape index (κ1) is 14.1. The molecule has 0 bridgehead atoms. The fraction of sp³-hybridized carbons (Fsp3) is 0.188. The van der Waals surface area contributed by atoms with Gasteiger partial charge in [0.1, 0.15) is 6.61 Å². The number of carbonyl (C=O) groups is 1. The van der Waals surface area contributed by atoms with E-state index in [9.17, 15) is 4.79 Å². The molecule has 4 heteroatoms. The molecule has 2 rings (SSSR count). The first-order chi connectivity index (χ1) is 9.63. The highest BCUT2D eigenvalue weighted by molar-refractivity contribution is 5.96. The molecule has 0 radical (unpaired) electrons. The lowest BCUT2D eigenvalue weighted by Gasteiger charge is -2.11. The molecule has 20 heavy (non-hydrogen) atoms. The van der Waals surface area contributed by atoms with E-state index in [1.54, 1.807) is 6.07 Å². The van der Waals surface area contributed by atoms with E-state index < -0.39 is 5.97 Å². The molecule has 104 valence electrons. The molecule has 0 fully saturated rings. The van der Waals surface area contributed by atoms with E-state index in [2.05, 4.69) is 0 Å². The van der Waals surface area contributed by atoms with Gasteiger partial charge >= 0.3 is 5.97 Å². The number of carbonyl (C=O) groups excluding carboxylic acids is 1. The first-order valence-electron chi connectivity index (χ1n) is 6.42. The van der Waals surface area contributed by atoms with E-state index in [-0.39, 0.29) is 6.61 Å². The highest BCUT2D eigenvalue weighted by Crippen LogP contribution is 2.22. The number of hydrogen-bond donors (Lipinski definition) is 2. The van der Waals surface area contributed by atoms with Gasteiger partial charge in [-0.25, -0.2) is 4.79 Å². The van der Waals surface area contributed by atoms with Crippen LogP contribution in [0.3, 0.4) is 0 Å². The fourth-order valence-electron chi connectivity index (χ4n) is 1.97. The van der Waals surface area contributed by atoms with Gasteiger partial charge < -0.3 is 16.2 Å². The van der Waals surface area contributed by atoms with Crippen molar-refractivity contribution in [2.24, 2.45) is 5.73 Å². The topological polar surface area (TPSA) is 78.3 Å². The lowest BCUT2D eigenvalue weighted by molar-refractivity contribution is 0.0474. The van der Waals surface area contributed by atoms with Gasteiger partial charge in [0.05, 0.1) is 5.56 Å². The molecule has 0 saturated carbocycles. The van der Waals surface area contributed by atoms with E-state index in [1.165, 1.54) is 0 Å². The zero-order valence-electron chi connectivity index (χ0n) is 11.4. The Morgan fingerprint density at radius 1 is 1.15 bits per heavy atom. The summed E-state index contributed by atoms with van der Waals surface area (Å²) in [5, 5.41) is 0. The van der Waals surface area contributed by atoms with Crippen molar-refractivity contribution in [2.45, 2.75) is 20.1 Å². The molecular weight excluding hydrogens is 252 g/mol. The molecule has 0 saturated heterocycles. The minimum atomic E-state index is -0.418. The highest BCUT2D eigenvalue weighted by Gasteiger charge is 2.14. The van der Waals surface area contributed by atoms with E-state index in [1.807, 2.05) is 43.3 Å². The summed E-state index contributed by atoms with van der Waals surface area (Å²) in [4.78, 5) is 12.1. The van der Waals surface area contributed by atoms with Gasteiger partial charge in [-0.2, -0.15) is 0 Å². The second-order valence-electron chi connectivity index (χ2n) is 4.58. The monoisotopic (exact) mass is 270 g/mol. The van der Waals surface area contributed by atoms with Gasteiger partial charge in [-0.1, -0.05) is 36.4 Å². The lowest BCUT2D eigenvalue weighted by Crippen LogP contribution is -2.11. The summed E-state index contributed by atoms with van der Waals surface area (Å²) in [5.41, 5.74) is 15.1. The van der Waals surface area contributed by atoms with E-state index in [0.29, 0.717) is 17.8 Å². The zero-order valence-corrected chi connectivity index (χ0v) is 11.4. The summed E-state index contributed by atoms with van der Waals surface area (Å²) in [5.74, 6) is -0.418. The van der Waals surface area contributed by atoms with Crippen molar-refractivity contribution in [3.8, 4) is 0 Å². The Hall–Kier alpha value is -2.33. The average Bonchev–Trinajstić information content (AvgIpc) is 2.48. The molecule has 0 aromatic heterocycles. The smallest absolute Gasteiger partial charge is 0.340 e. The van der Waals surface area contributed by atoms with Crippen LogP contribution in [0, 0.1) is 6.92 Å². The van der Waals surface area contributed by atoms with Crippen molar-refractivity contribution in [1.29, 1.82) is 0 Å². The molecular formula is C16H18N2O2. The van der Waals surface area contributed by atoms with Gasteiger partial charge in [-0.3, -0.25) is 0 Å². The Morgan fingerprint density at radius 2 is 1.85 bits per heavy atom. The van der Waals surface area contributed by atoms with Crippen LogP contribution >= 0.6 is 0 Å². The molecule has 4 nitrogen and oxygen atoms in total. The first-order valence-corrected chi connectivity index (χ1v) is 6.42. The number of nitrogen functional groups attached to an aromatic ring is 1. The SMILES string of the molecule is Cc1c(CN)ccc(C(=O)OCc2ccccc2)c1N. The normalized spacial score (nSPS) is 10.3. The second-order valence-corrected chi connectivity index (χ2v) is 4.58. The third-order valence-corrected chi connectivity index (χ3v) is 3.28. The number of benzene rings is 2. The minimum absolute atomic E-state index is 0.233. The van der Waals surface area contributed by atoms with Crippen LogP contribution in [0.25, 0.3) is 0 Å². The Bertz CT molecular complexity index is 609. The summed E-state index contributed by atoms with van der Waals surface area (Å²) < 4.78 is 5.27. The molecule has 0 spiro atoms. The summed E-state index contributed by atoms with van der Waals surface area (Å²) in [6.45, 7) is 2.48. The van der Waals surface area contributed by atoms with Crippen LogP contribution in [0.1, 0.15) is 27.0 Å².